The molecule has 3 aliphatic carbocycles. The van der Waals surface area contributed by atoms with E-state index in [2.05, 4.69) is 6.92 Å². The summed E-state index contributed by atoms with van der Waals surface area (Å²) in [6.45, 7) is 22.8. The van der Waals surface area contributed by atoms with E-state index in [0.717, 1.165) is 96.3 Å². The molecule has 12 nitrogen and oxygen atoms in total. The Labute approximate surface area is 394 Å². The van der Waals surface area contributed by atoms with Crippen molar-refractivity contribution in [3.63, 3.8) is 0 Å². The fourth-order valence-electron chi connectivity index (χ4n) is 6.81. The molecule has 0 radical (unpaired) electrons. The summed E-state index contributed by atoms with van der Waals surface area (Å²) in [5.74, 6) is -1.80. The molecule has 0 atom stereocenters. The Kier molecular flexibility index (Phi) is 37.7. The predicted molar refractivity (Wildman–Crippen MR) is 263 cm³/mol. The molecule has 3 fully saturated rings. The summed E-state index contributed by atoms with van der Waals surface area (Å²) in [5.41, 5.74) is -2.39. The second kappa shape index (κ2) is 33.3. The Bertz CT molecular complexity index is 1310. The summed E-state index contributed by atoms with van der Waals surface area (Å²) in [4.78, 5) is 70.6. The second-order valence-electron chi connectivity index (χ2n) is 18.6. The van der Waals surface area contributed by atoms with Gasteiger partial charge in [-0.05, 0) is 158 Å². The van der Waals surface area contributed by atoms with Crippen LogP contribution in [0.5, 0.6) is 0 Å². The first-order valence-corrected chi connectivity index (χ1v) is 22.2. The molecule has 0 amide bonds. The van der Waals surface area contributed by atoms with Crippen molar-refractivity contribution in [2.24, 2.45) is 16.2 Å². The van der Waals surface area contributed by atoms with Crippen molar-refractivity contribution in [3.05, 3.63) is 0 Å². The van der Waals surface area contributed by atoms with Crippen LogP contribution in [-0.4, -0.2) is 72.4 Å². The van der Waals surface area contributed by atoms with Crippen LogP contribution in [0.25, 0.3) is 0 Å². The highest BCUT2D eigenvalue weighted by Gasteiger charge is 2.38. The zero-order valence-electron chi connectivity index (χ0n) is 38.5. The lowest BCUT2D eigenvalue weighted by Crippen LogP contribution is -2.34. The summed E-state index contributed by atoms with van der Waals surface area (Å²) in [6.07, 6.45) is 16.4. The van der Waals surface area contributed by atoms with Gasteiger partial charge in [0, 0.05) is 0 Å². The van der Waals surface area contributed by atoms with Crippen molar-refractivity contribution >= 4 is 35.8 Å². The number of rotatable bonds is 19. The predicted octanol–water partition coefficient (Wildman–Crippen LogP) is 13.9. The van der Waals surface area contributed by atoms with E-state index in [1.165, 1.54) is 0 Å². The second-order valence-corrected chi connectivity index (χ2v) is 18.6. The molecule has 0 aromatic heterocycles. The van der Waals surface area contributed by atoms with Crippen molar-refractivity contribution in [1.29, 1.82) is 0 Å². The molecule has 3 rings (SSSR count). The van der Waals surface area contributed by atoms with E-state index in [0.29, 0.717) is 12.8 Å². The van der Waals surface area contributed by atoms with Gasteiger partial charge in [-0.3, -0.25) is 24.0 Å². The number of hydrogen-bond donors (Lipinski definition) is 0. The molecule has 0 aromatic rings. The van der Waals surface area contributed by atoms with Gasteiger partial charge in [0.25, 0.3) is 0 Å². The molecule has 0 aliphatic heterocycles. The zero-order chi connectivity index (χ0) is 44.3. The first-order chi connectivity index (χ1) is 27.0. The molecule has 0 aromatic carbocycles. The van der Waals surface area contributed by atoms with Gasteiger partial charge < -0.3 is 28.4 Å². The van der Waals surface area contributed by atoms with Crippen molar-refractivity contribution in [2.45, 2.75) is 266 Å². The minimum atomic E-state index is -0.546. The van der Waals surface area contributed by atoms with Crippen molar-refractivity contribution in [3.8, 4) is 0 Å². The summed E-state index contributed by atoms with van der Waals surface area (Å²) >= 11 is 0. The first-order valence-electron chi connectivity index (χ1n) is 22.2. The van der Waals surface area contributed by atoms with E-state index in [4.69, 9.17) is 28.4 Å². The molecule has 64 heavy (non-hydrogen) atoms. The standard InChI is InChI=1S/C16H28O4.2C15H26O4.6CH4/c1-5-15(3,4)14(18)19-12-9-13(17)20-16(6-2)10-7-8-11-16;1-5-14(2,3)13(17)18-11-8-12(16)19-15(4)9-6-7-10-15;1-5-14(3,4)13(17)18-11-12(16)19-15(6-2)9-7-8-10-15;;;;;;/h5-12H2,1-4H3;2*5-11H2,1-4H3;6*1H4. The van der Waals surface area contributed by atoms with Gasteiger partial charge in [-0.25, -0.2) is 4.79 Å². The average molecular weight is 921 g/mol. The Hall–Kier alpha value is -3.18. The smallest absolute Gasteiger partial charge is 0.344 e. The molecule has 3 aliphatic rings. The maximum atomic E-state index is 11.9. The Morgan fingerprint density at radius 3 is 1.02 bits per heavy atom. The van der Waals surface area contributed by atoms with E-state index in [9.17, 15) is 28.8 Å². The van der Waals surface area contributed by atoms with E-state index >= 15 is 0 Å². The monoisotopic (exact) mass is 921 g/mol. The van der Waals surface area contributed by atoms with Crippen LogP contribution >= 0.6 is 0 Å². The Morgan fingerprint density at radius 1 is 0.422 bits per heavy atom. The van der Waals surface area contributed by atoms with Gasteiger partial charge in [0.1, 0.15) is 30.0 Å². The molecule has 0 unspecified atom stereocenters. The van der Waals surface area contributed by atoms with E-state index in [1.807, 2.05) is 76.2 Å². The van der Waals surface area contributed by atoms with E-state index in [1.54, 1.807) is 0 Å². The third kappa shape index (κ3) is 24.9. The van der Waals surface area contributed by atoms with Crippen LogP contribution in [0.1, 0.15) is 250 Å². The van der Waals surface area contributed by atoms with E-state index in [-0.39, 0.29) is 124 Å². The van der Waals surface area contributed by atoms with Gasteiger partial charge in [-0.2, -0.15) is 0 Å². The summed E-state index contributed by atoms with van der Waals surface area (Å²) in [6, 6.07) is 0. The SMILES string of the molecule is C.C.C.C.C.C.CCC(C)(C)C(=O)OCCC(=O)OC1(C)CCCC1.CCC1(OC(=O)CCOC(=O)C(C)(C)CC)CCCC1.CCC1(OC(=O)COC(=O)C(C)(C)CC)CCCC1. The fourth-order valence-corrected chi connectivity index (χ4v) is 6.81. The summed E-state index contributed by atoms with van der Waals surface area (Å²) in [5, 5.41) is 0. The van der Waals surface area contributed by atoms with Crippen LogP contribution in [0.4, 0.5) is 0 Å². The fraction of sp³-hybridized carbons (Fsp3) is 0.885. The average Bonchev–Trinajstić information content (AvgIpc) is 3.96. The lowest BCUT2D eigenvalue weighted by Gasteiger charge is -2.28. The molecular weight excluding hydrogens is 817 g/mol. The molecule has 0 saturated heterocycles. The van der Waals surface area contributed by atoms with Crippen LogP contribution in [0, 0.1) is 16.2 Å². The minimum Gasteiger partial charge on any atom is -0.465 e. The van der Waals surface area contributed by atoms with Gasteiger partial charge in [0.05, 0.1) is 29.1 Å². The minimum absolute atomic E-state index is 0. The molecule has 0 heterocycles. The Morgan fingerprint density at radius 2 is 0.703 bits per heavy atom. The highest BCUT2D eigenvalue weighted by atomic mass is 16.6. The van der Waals surface area contributed by atoms with Crippen molar-refractivity contribution < 1.29 is 57.2 Å². The van der Waals surface area contributed by atoms with Crippen LogP contribution in [-0.2, 0) is 57.2 Å². The Balaban J connectivity index is -0.000000188. The number of hydrogen-bond acceptors (Lipinski definition) is 12. The molecule has 0 spiro atoms. The highest BCUT2D eigenvalue weighted by Crippen LogP contribution is 2.37. The van der Waals surface area contributed by atoms with Gasteiger partial charge in [-0.15, -0.1) is 0 Å². The number of esters is 6. The zero-order valence-corrected chi connectivity index (χ0v) is 38.5. The van der Waals surface area contributed by atoms with E-state index < -0.39 is 22.2 Å². The third-order valence-corrected chi connectivity index (χ3v) is 12.7. The lowest BCUT2D eigenvalue weighted by molar-refractivity contribution is -0.173. The largest absolute Gasteiger partial charge is 0.465 e. The topological polar surface area (TPSA) is 158 Å². The molecule has 0 N–H and O–H groups in total. The van der Waals surface area contributed by atoms with Gasteiger partial charge in [0.15, 0.2) is 6.61 Å². The van der Waals surface area contributed by atoms with Gasteiger partial charge >= 0.3 is 35.8 Å². The molecule has 384 valence electrons. The number of carbonyl (C=O) groups is 6. The third-order valence-electron chi connectivity index (χ3n) is 12.7. The molecule has 0 bridgehead atoms. The molecule has 12 heteroatoms. The van der Waals surface area contributed by atoms with Crippen LogP contribution in [0.3, 0.4) is 0 Å². The van der Waals surface area contributed by atoms with Crippen molar-refractivity contribution in [1.82, 2.24) is 0 Å². The van der Waals surface area contributed by atoms with Crippen molar-refractivity contribution in [2.75, 3.05) is 19.8 Å². The van der Waals surface area contributed by atoms with Crippen LogP contribution in [0.15, 0.2) is 0 Å². The van der Waals surface area contributed by atoms with Gasteiger partial charge in [0.2, 0.25) is 0 Å². The van der Waals surface area contributed by atoms with Gasteiger partial charge in [-0.1, -0.05) is 79.2 Å². The van der Waals surface area contributed by atoms with Crippen LogP contribution < -0.4 is 0 Å². The maximum absolute atomic E-state index is 11.9. The quantitative estimate of drug-likeness (QED) is 0.0893. The first kappa shape index (κ1) is 72.4. The number of ether oxygens (including phenoxy) is 6. The number of carbonyl (C=O) groups excluding carboxylic acids is 6. The molecule has 3 saturated carbocycles. The van der Waals surface area contributed by atoms with Crippen LogP contribution in [0.2, 0.25) is 0 Å². The normalized spacial score (nSPS) is 16.3. The highest BCUT2D eigenvalue weighted by molar-refractivity contribution is 5.80. The lowest BCUT2D eigenvalue weighted by atomic mass is 9.91. The summed E-state index contributed by atoms with van der Waals surface area (Å²) < 4.78 is 31.9. The maximum Gasteiger partial charge on any atom is 0.344 e. The molecular formula is C52H104O12. The summed E-state index contributed by atoms with van der Waals surface area (Å²) in [7, 11) is 0.